The standard InChI is InChI=1S/C15H22OS/c1-3-13-8-9-14(17-13)10-15(16)12-6-4-11(2)5-7-12/h8-9,11-12H,3-7,10H2,1-2H3. The highest BCUT2D eigenvalue weighted by Gasteiger charge is 2.24. The Morgan fingerprint density at radius 2 is 1.88 bits per heavy atom. The first-order valence-corrected chi connectivity index (χ1v) is 7.61. The fourth-order valence-corrected chi connectivity index (χ4v) is 3.57. The van der Waals surface area contributed by atoms with Crippen LogP contribution in [0.2, 0.25) is 0 Å². The number of Topliss-reactive ketones (excluding diaryl/α,β-unsaturated/α-hetero) is 1. The van der Waals surface area contributed by atoms with Crippen LogP contribution in [0.4, 0.5) is 0 Å². The predicted molar refractivity (Wildman–Crippen MR) is 73.5 cm³/mol. The fourth-order valence-electron chi connectivity index (χ4n) is 2.61. The van der Waals surface area contributed by atoms with Gasteiger partial charge in [0.2, 0.25) is 0 Å². The molecule has 0 radical (unpaired) electrons. The van der Waals surface area contributed by atoms with Gasteiger partial charge in [-0.3, -0.25) is 4.79 Å². The molecule has 2 heteroatoms. The van der Waals surface area contributed by atoms with Gasteiger partial charge in [-0.15, -0.1) is 11.3 Å². The van der Waals surface area contributed by atoms with Gasteiger partial charge < -0.3 is 0 Å². The van der Waals surface area contributed by atoms with E-state index >= 15 is 0 Å². The molecule has 1 aromatic rings. The van der Waals surface area contributed by atoms with Gasteiger partial charge in [-0.25, -0.2) is 0 Å². The molecule has 0 unspecified atom stereocenters. The summed E-state index contributed by atoms with van der Waals surface area (Å²) in [6, 6.07) is 4.29. The van der Waals surface area contributed by atoms with Gasteiger partial charge in [0, 0.05) is 22.1 Å². The third kappa shape index (κ3) is 3.41. The second kappa shape index (κ2) is 5.81. The topological polar surface area (TPSA) is 17.1 Å². The molecule has 2 rings (SSSR count). The second-order valence-electron chi connectivity index (χ2n) is 5.32. The zero-order valence-corrected chi connectivity index (χ0v) is 11.7. The summed E-state index contributed by atoms with van der Waals surface area (Å²) >= 11 is 1.80. The number of rotatable bonds is 4. The summed E-state index contributed by atoms with van der Waals surface area (Å²) in [6.45, 7) is 4.47. The molecule has 1 fully saturated rings. The Hall–Kier alpha value is -0.630. The first-order chi connectivity index (χ1) is 8.19. The summed E-state index contributed by atoms with van der Waals surface area (Å²) in [4.78, 5) is 14.8. The molecule has 0 amide bonds. The van der Waals surface area contributed by atoms with Crippen LogP contribution in [-0.4, -0.2) is 5.78 Å². The van der Waals surface area contributed by atoms with Crippen molar-refractivity contribution in [3.8, 4) is 0 Å². The molecule has 0 aromatic carbocycles. The van der Waals surface area contributed by atoms with E-state index in [0.29, 0.717) is 18.1 Å². The van der Waals surface area contributed by atoms with Crippen molar-refractivity contribution < 1.29 is 4.79 Å². The van der Waals surface area contributed by atoms with Crippen molar-refractivity contribution in [2.45, 2.75) is 52.4 Å². The molecule has 0 spiro atoms. The molecule has 1 saturated carbocycles. The zero-order valence-electron chi connectivity index (χ0n) is 10.9. The third-order valence-corrected chi connectivity index (χ3v) is 5.11. The summed E-state index contributed by atoms with van der Waals surface area (Å²) in [5.41, 5.74) is 0. The van der Waals surface area contributed by atoms with Crippen LogP contribution in [0.25, 0.3) is 0 Å². The van der Waals surface area contributed by atoms with E-state index in [4.69, 9.17) is 0 Å². The lowest BCUT2D eigenvalue weighted by Crippen LogP contribution is -2.22. The van der Waals surface area contributed by atoms with Crippen molar-refractivity contribution in [1.82, 2.24) is 0 Å². The van der Waals surface area contributed by atoms with Crippen molar-refractivity contribution in [3.63, 3.8) is 0 Å². The minimum Gasteiger partial charge on any atom is -0.299 e. The highest BCUT2D eigenvalue weighted by Crippen LogP contribution is 2.30. The van der Waals surface area contributed by atoms with Crippen LogP contribution in [0.15, 0.2) is 12.1 Å². The molecule has 17 heavy (non-hydrogen) atoms. The van der Waals surface area contributed by atoms with E-state index in [2.05, 4.69) is 26.0 Å². The minimum atomic E-state index is 0.346. The maximum absolute atomic E-state index is 12.2. The fraction of sp³-hybridized carbons (Fsp3) is 0.667. The van der Waals surface area contributed by atoms with Gasteiger partial charge in [0.05, 0.1) is 0 Å². The summed E-state index contributed by atoms with van der Waals surface area (Å²) in [5, 5.41) is 0. The Bertz CT molecular complexity index is 372. The van der Waals surface area contributed by atoms with Gasteiger partial charge in [-0.2, -0.15) is 0 Å². The monoisotopic (exact) mass is 250 g/mol. The Labute approximate surface area is 108 Å². The van der Waals surface area contributed by atoms with Crippen molar-refractivity contribution in [2.24, 2.45) is 11.8 Å². The molecule has 0 bridgehead atoms. The van der Waals surface area contributed by atoms with Gasteiger partial charge >= 0.3 is 0 Å². The van der Waals surface area contributed by atoms with Crippen molar-refractivity contribution in [1.29, 1.82) is 0 Å². The number of carbonyl (C=O) groups is 1. The van der Waals surface area contributed by atoms with Crippen LogP contribution in [0, 0.1) is 11.8 Å². The SMILES string of the molecule is CCc1ccc(CC(=O)C2CCC(C)CC2)s1. The highest BCUT2D eigenvalue weighted by atomic mass is 32.1. The van der Waals surface area contributed by atoms with Crippen molar-refractivity contribution >= 4 is 17.1 Å². The summed E-state index contributed by atoms with van der Waals surface area (Å²) < 4.78 is 0. The van der Waals surface area contributed by atoms with E-state index in [9.17, 15) is 4.79 Å². The largest absolute Gasteiger partial charge is 0.299 e. The van der Waals surface area contributed by atoms with Crippen LogP contribution < -0.4 is 0 Å². The van der Waals surface area contributed by atoms with Gasteiger partial charge in [0.1, 0.15) is 5.78 Å². The summed E-state index contributed by atoms with van der Waals surface area (Å²) in [5.74, 6) is 1.65. The van der Waals surface area contributed by atoms with E-state index in [1.165, 1.54) is 22.6 Å². The lowest BCUT2D eigenvalue weighted by atomic mass is 9.80. The van der Waals surface area contributed by atoms with Crippen LogP contribution in [0.5, 0.6) is 0 Å². The molecule has 0 saturated heterocycles. The second-order valence-corrected chi connectivity index (χ2v) is 6.57. The molecule has 1 aliphatic rings. The molecule has 1 aromatic heterocycles. The molecule has 0 aliphatic heterocycles. The van der Waals surface area contributed by atoms with Gasteiger partial charge in [-0.05, 0) is 37.3 Å². The maximum Gasteiger partial charge on any atom is 0.141 e. The average molecular weight is 250 g/mol. The van der Waals surface area contributed by atoms with Gasteiger partial charge in [-0.1, -0.05) is 26.7 Å². The first-order valence-electron chi connectivity index (χ1n) is 6.79. The quantitative estimate of drug-likeness (QED) is 0.781. The summed E-state index contributed by atoms with van der Waals surface area (Å²) in [6.07, 6.45) is 6.46. The van der Waals surface area contributed by atoms with E-state index in [1.54, 1.807) is 11.3 Å². The van der Waals surface area contributed by atoms with E-state index in [0.717, 1.165) is 25.2 Å². The smallest absolute Gasteiger partial charge is 0.141 e. The highest BCUT2D eigenvalue weighted by molar-refractivity contribution is 7.12. The molecule has 0 atom stereocenters. The Morgan fingerprint density at radius 3 is 2.47 bits per heavy atom. The third-order valence-electron chi connectivity index (χ3n) is 3.89. The molecule has 94 valence electrons. The van der Waals surface area contributed by atoms with Gasteiger partial charge in [0.15, 0.2) is 0 Å². The van der Waals surface area contributed by atoms with Crippen LogP contribution in [0.1, 0.15) is 49.3 Å². The Balaban J connectivity index is 1.88. The Kier molecular flexibility index (Phi) is 4.38. The number of thiophene rings is 1. The maximum atomic E-state index is 12.2. The van der Waals surface area contributed by atoms with Crippen LogP contribution >= 0.6 is 11.3 Å². The molecular formula is C15H22OS. The Morgan fingerprint density at radius 1 is 1.24 bits per heavy atom. The first kappa shape index (κ1) is 12.8. The van der Waals surface area contributed by atoms with Crippen molar-refractivity contribution in [3.05, 3.63) is 21.9 Å². The van der Waals surface area contributed by atoms with E-state index < -0.39 is 0 Å². The van der Waals surface area contributed by atoms with Crippen LogP contribution in [0.3, 0.4) is 0 Å². The molecule has 1 nitrogen and oxygen atoms in total. The van der Waals surface area contributed by atoms with Crippen molar-refractivity contribution in [2.75, 3.05) is 0 Å². The number of hydrogen-bond donors (Lipinski definition) is 0. The minimum absolute atomic E-state index is 0.346. The molecule has 1 aliphatic carbocycles. The number of hydrogen-bond acceptors (Lipinski definition) is 2. The van der Waals surface area contributed by atoms with E-state index in [-0.39, 0.29) is 0 Å². The zero-order chi connectivity index (χ0) is 12.3. The average Bonchev–Trinajstić information content (AvgIpc) is 2.77. The molecular weight excluding hydrogens is 228 g/mol. The van der Waals surface area contributed by atoms with Crippen LogP contribution in [-0.2, 0) is 17.6 Å². The lowest BCUT2D eigenvalue weighted by Gasteiger charge is -2.24. The predicted octanol–water partition coefficient (Wildman–Crippen LogP) is 4.25. The normalized spacial score (nSPS) is 24.8. The summed E-state index contributed by atoms with van der Waals surface area (Å²) in [7, 11) is 0. The molecule has 0 N–H and O–H groups in total. The number of aryl methyl sites for hydroxylation is 1. The molecule has 1 heterocycles. The van der Waals surface area contributed by atoms with Gasteiger partial charge in [0.25, 0.3) is 0 Å². The lowest BCUT2D eigenvalue weighted by molar-refractivity contribution is -0.123. The van der Waals surface area contributed by atoms with E-state index in [1.807, 2.05) is 0 Å². The number of ketones is 1. The number of carbonyl (C=O) groups excluding carboxylic acids is 1.